The molecular weight excluding hydrogens is 216 g/mol. The van der Waals surface area contributed by atoms with Gasteiger partial charge in [0, 0.05) is 18.9 Å². The molecule has 2 rings (SSSR count). The molecule has 0 bridgehead atoms. The molecule has 0 aliphatic carbocycles. The molecule has 88 valence electrons. The van der Waals surface area contributed by atoms with E-state index in [2.05, 4.69) is 10.4 Å². The summed E-state index contributed by atoms with van der Waals surface area (Å²) in [6.45, 7) is 1.93. The van der Waals surface area contributed by atoms with Crippen LogP contribution >= 0.6 is 0 Å². The van der Waals surface area contributed by atoms with Crippen molar-refractivity contribution in [3.63, 3.8) is 0 Å². The number of nitrogens with zero attached hydrogens (tertiary/aromatic N) is 2. The number of rotatable bonds is 2. The molecule has 0 fully saturated rings. The summed E-state index contributed by atoms with van der Waals surface area (Å²) >= 11 is 0. The number of carbonyl (C=O) groups is 1. The molecule has 0 spiro atoms. The first-order chi connectivity index (χ1) is 8.11. The van der Waals surface area contributed by atoms with E-state index in [4.69, 9.17) is 5.73 Å². The second-order valence-corrected chi connectivity index (χ2v) is 3.77. The van der Waals surface area contributed by atoms with Gasteiger partial charge in [0.2, 0.25) is 0 Å². The lowest BCUT2D eigenvalue weighted by Gasteiger charge is -2.04. The molecule has 0 radical (unpaired) electrons. The first-order valence-corrected chi connectivity index (χ1v) is 5.26. The Balaban J connectivity index is 2.37. The molecule has 1 aromatic carbocycles. The zero-order valence-corrected chi connectivity index (χ0v) is 9.77. The molecule has 0 saturated heterocycles. The van der Waals surface area contributed by atoms with Crippen LogP contribution in [-0.2, 0) is 0 Å². The summed E-state index contributed by atoms with van der Waals surface area (Å²) in [6, 6.07) is 7.29. The van der Waals surface area contributed by atoms with Crippen LogP contribution in [0, 0.1) is 6.92 Å². The van der Waals surface area contributed by atoms with Crippen LogP contribution in [0.3, 0.4) is 0 Å². The van der Waals surface area contributed by atoms with Gasteiger partial charge in [-0.25, -0.2) is 4.68 Å². The molecule has 2 aromatic rings. The summed E-state index contributed by atoms with van der Waals surface area (Å²) in [5.74, 6) is -0.198. The van der Waals surface area contributed by atoms with E-state index in [1.807, 2.05) is 25.1 Å². The van der Waals surface area contributed by atoms with Gasteiger partial charge in [0.05, 0.1) is 5.69 Å². The number of carbonyl (C=O) groups excluding carboxylic acids is 1. The molecule has 0 saturated carbocycles. The van der Waals surface area contributed by atoms with Crippen molar-refractivity contribution >= 4 is 11.6 Å². The summed E-state index contributed by atoms with van der Waals surface area (Å²) in [5, 5.41) is 6.72. The number of benzene rings is 1. The van der Waals surface area contributed by atoms with E-state index in [0.717, 1.165) is 16.9 Å². The number of anilines is 1. The average Bonchev–Trinajstić information content (AvgIpc) is 2.81. The van der Waals surface area contributed by atoms with Gasteiger partial charge < -0.3 is 11.1 Å². The molecule has 1 aromatic heterocycles. The van der Waals surface area contributed by atoms with E-state index in [1.54, 1.807) is 24.0 Å². The Morgan fingerprint density at radius 1 is 1.41 bits per heavy atom. The van der Waals surface area contributed by atoms with Crippen LogP contribution in [0.4, 0.5) is 5.69 Å². The van der Waals surface area contributed by atoms with Crippen LogP contribution in [0.15, 0.2) is 30.5 Å². The summed E-state index contributed by atoms with van der Waals surface area (Å²) in [7, 11) is 1.58. The Morgan fingerprint density at radius 3 is 2.82 bits per heavy atom. The lowest BCUT2D eigenvalue weighted by molar-refractivity contribution is 0.0958. The SMILES string of the molecule is CNC(=O)c1ccn(-c2ccc(N)c(C)c2)n1. The van der Waals surface area contributed by atoms with Crippen molar-refractivity contribution in [1.29, 1.82) is 0 Å². The largest absolute Gasteiger partial charge is 0.399 e. The van der Waals surface area contributed by atoms with Crippen LogP contribution in [0.5, 0.6) is 0 Å². The van der Waals surface area contributed by atoms with E-state index in [-0.39, 0.29) is 5.91 Å². The second kappa shape index (κ2) is 4.29. The van der Waals surface area contributed by atoms with Crippen LogP contribution in [0.2, 0.25) is 0 Å². The summed E-state index contributed by atoms with van der Waals surface area (Å²) in [5.41, 5.74) is 8.75. The minimum Gasteiger partial charge on any atom is -0.399 e. The van der Waals surface area contributed by atoms with Gasteiger partial charge in [-0.2, -0.15) is 5.10 Å². The quantitative estimate of drug-likeness (QED) is 0.759. The second-order valence-electron chi connectivity index (χ2n) is 3.77. The van der Waals surface area contributed by atoms with Gasteiger partial charge in [0.25, 0.3) is 5.91 Å². The first kappa shape index (κ1) is 11.2. The molecule has 5 nitrogen and oxygen atoms in total. The highest BCUT2D eigenvalue weighted by Gasteiger charge is 2.08. The van der Waals surface area contributed by atoms with Crippen molar-refractivity contribution in [3.8, 4) is 5.69 Å². The number of aryl methyl sites for hydroxylation is 1. The maximum atomic E-state index is 11.4. The Bertz CT molecular complexity index is 559. The third-order valence-electron chi connectivity index (χ3n) is 2.57. The van der Waals surface area contributed by atoms with Crippen molar-refractivity contribution in [3.05, 3.63) is 41.7 Å². The minimum absolute atomic E-state index is 0.198. The molecule has 1 heterocycles. The highest BCUT2D eigenvalue weighted by Crippen LogP contribution is 2.15. The molecule has 17 heavy (non-hydrogen) atoms. The topological polar surface area (TPSA) is 72.9 Å². The smallest absolute Gasteiger partial charge is 0.271 e. The standard InChI is InChI=1S/C12H14N4O/c1-8-7-9(3-4-10(8)13)16-6-5-11(15-16)12(17)14-2/h3-7H,13H2,1-2H3,(H,14,17). The predicted octanol–water partition coefficient (Wildman–Crippen LogP) is 1.12. The van der Waals surface area contributed by atoms with Crippen molar-refractivity contribution in [2.45, 2.75) is 6.92 Å². The molecular formula is C12H14N4O. The molecule has 0 aliphatic rings. The molecule has 1 amide bonds. The fraction of sp³-hybridized carbons (Fsp3) is 0.167. The van der Waals surface area contributed by atoms with Gasteiger partial charge in [0.15, 0.2) is 5.69 Å². The maximum absolute atomic E-state index is 11.4. The number of hydrogen-bond donors (Lipinski definition) is 2. The molecule has 5 heteroatoms. The highest BCUT2D eigenvalue weighted by molar-refractivity contribution is 5.91. The Labute approximate surface area is 99.2 Å². The fourth-order valence-corrected chi connectivity index (χ4v) is 1.52. The van der Waals surface area contributed by atoms with Crippen molar-refractivity contribution in [2.75, 3.05) is 12.8 Å². The predicted molar refractivity (Wildman–Crippen MR) is 66.1 cm³/mol. The Morgan fingerprint density at radius 2 is 2.18 bits per heavy atom. The van der Waals surface area contributed by atoms with Gasteiger partial charge in [-0.1, -0.05) is 0 Å². The van der Waals surface area contributed by atoms with Crippen LogP contribution in [-0.4, -0.2) is 22.7 Å². The fourth-order valence-electron chi connectivity index (χ4n) is 1.52. The number of aromatic nitrogens is 2. The van der Waals surface area contributed by atoms with Crippen molar-refractivity contribution in [2.24, 2.45) is 0 Å². The Hall–Kier alpha value is -2.30. The van der Waals surface area contributed by atoms with E-state index < -0.39 is 0 Å². The third kappa shape index (κ3) is 2.13. The lowest BCUT2D eigenvalue weighted by atomic mass is 10.2. The van der Waals surface area contributed by atoms with Crippen LogP contribution < -0.4 is 11.1 Å². The lowest BCUT2D eigenvalue weighted by Crippen LogP contribution is -2.18. The molecule has 0 atom stereocenters. The normalized spacial score (nSPS) is 10.2. The first-order valence-electron chi connectivity index (χ1n) is 5.26. The van der Waals surface area contributed by atoms with Crippen LogP contribution in [0.25, 0.3) is 5.69 Å². The number of nitrogen functional groups attached to an aromatic ring is 1. The zero-order chi connectivity index (χ0) is 12.4. The summed E-state index contributed by atoms with van der Waals surface area (Å²) in [4.78, 5) is 11.4. The van der Waals surface area contributed by atoms with Crippen LogP contribution in [0.1, 0.15) is 16.1 Å². The molecule has 0 aliphatic heterocycles. The average molecular weight is 230 g/mol. The van der Waals surface area contributed by atoms with E-state index in [9.17, 15) is 4.79 Å². The van der Waals surface area contributed by atoms with Crippen molar-refractivity contribution < 1.29 is 4.79 Å². The monoisotopic (exact) mass is 230 g/mol. The number of nitrogens with one attached hydrogen (secondary N) is 1. The molecule has 3 N–H and O–H groups in total. The minimum atomic E-state index is -0.198. The Kier molecular flexibility index (Phi) is 2.82. The number of hydrogen-bond acceptors (Lipinski definition) is 3. The summed E-state index contributed by atoms with van der Waals surface area (Å²) < 4.78 is 1.65. The van der Waals surface area contributed by atoms with E-state index >= 15 is 0 Å². The van der Waals surface area contributed by atoms with Crippen molar-refractivity contribution in [1.82, 2.24) is 15.1 Å². The summed E-state index contributed by atoms with van der Waals surface area (Å²) in [6.07, 6.45) is 1.75. The maximum Gasteiger partial charge on any atom is 0.271 e. The molecule has 0 unspecified atom stereocenters. The van der Waals surface area contributed by atoms with Gasteiger partial charge in [-0.15, -0.1) is 0 Å². The van der Waals surface area contributed by atoms with Gasteiger partial charge in [-0.3, -0.25) is 4.79 Å². The number of nitrogens with two attached hydrogens (primary N) is 1. The zero-order valence-electron chi connectivity index (χ0n) is 9.77. The highest BCUT2D eigenvalue weighted by atomic mass is 16.1. The van der Waals surface area contributed by atoms with Gasteiger partial charge in [-0.05, 0) is 36.8 Å². The number of amides is 1. The van der Waals surface area contributed by atoms with Gasteiger partial charge >= 0.3 is 0 Å². The third-order valence-corrected chi connectivity index (χ3v) is 2.57. The van der Waals surface area contributed by atoms with Gasteiger partial charge in [0.1, 0.15) is 0 Å². The van der Waals surface area contributed by atoms with E-state index in [0.29, 0.717) is 5.69 Å². The van der Waals surface area contributed by atoms with E-state index in [1.165, 1.54) is 0 Å².